The topological polar surface area (TPSA) is 72.4 Å². The van der Waals surface area contributed by atoms with E-state index >= 15 is 0 Å². The molecule has 7 nitrogen and oxygen atoms in total. The van der Waals surface area contributed by atoms with E-state index in [1.807, 2.05) is 37.1 Å². The summed E-state index contributed by atoms with van der Waals surface area (Å²) in [6.07, 6.45) is 0. The Hall–Kier alpha value is -2.44. The molecule has 1 atom stereocenters. The minimum atomic E-state index is -0.289. The molecule has 140 valence electrons. The van der Waals surface area contributed by atoms with Gasteiger partial charge in [-0.2, -0.15) is 0 Å². The summed E-state index contributed by atoms with van der Waals surface area (Å²) in [7, 11) is 6.58. The van der Waals surface area contributed by atoms with Crippen LogP contribution in [0, 0.1) is 5.92 Å². The lowest BCUT2D eigenvalue weighted by Gasteiger charge is -2.23. The van der Waals surface area contributed by atoms with Gasteiger partial charge in [-0.25, -0.2) is 0 Å². The molecule has 25 heavy (non-hydrogen) atoms. The molecule has 1 N–H and O–H groups in total. The number of guanidine groups is 1. The number of benzene rings is 1. The van der Waals surface area contributed by atoms with E-state index in [1.165, 1.54) is 7.11 Å². The Morgan fingerprint density at radius 2 is 2.00 bits per heavy atom. The van der Waals surface area contributed by atoms with Crippen LogP contribution in [0.3, 0.4) is 0 Å². The maximum atomic E-state index is 11.5. The summed E-state index contributed by atoms with van der Waals surface area (Å²) in [5.74, 6) is 1.67. The third-order valence-corrected chi connectivity index (χ3v) is 3.72. The molecule has 1 aromatic rings. The maximum Gasteiger partial charge on any atom is 0.310 e. The van der Waals surface area contributed by atoms with Gasteiger partial charge in [0.2, 0.25) is 0 Å². The normalized spacial score (nSPS) is 12.3. The molecule has 0 amide bonds. The minimum Gasteiger partial charge on any atom is -0.497 e. The van der Waals surface area contributed by atoms with Crippen molar-refractivity contribution >= 4 is 11.9 Å². The van der Waals surface area contributed by atoms with Crippen molar-refractivity contribution in [2.24, 2.45) is 10.9 Å². The van der Waals surface area contributed by atoms with Crippen molar-refractivity contribution in [3.63, 3.8) is 0 Å². The van der Waals surface area contributed by atoms with Crippen LogP contribution >= 0.6 is 0 Å². The smallest absolute Gasteiger partial charge is 0.310 e. The van der Waals surface area contributed by atoms with E-state index in [4.69, 9.17) is 14.2 Å². The fourth-order valence-electron chi connectivity index (χ4n) is 2.28. The lowest BCUT2D eigenvalue weighted by molar-refractivity contribution is -0.144. The van der Waals surface area contributed by atoms with Gasteiger partial charge in [-0.3, -0.25) is 9.79 Å². The number of carbonyl (C=O) groups excluding carboxylic acids is 1. The fraction of sp³-hybridized carbons (Fsp3) is 0.556. The molecule has 1 rings (SSSR count). The Morgan fingerprint density at radius 3 is 2.56 bits per heavy atom. The van der Waals surface area contributed by atoms with Crippen LogP contribution in [-0.4, -0.2) is 58.3 Å². The van der Waals surface area contributed by atoms with Crippen molar-refractivity contribution in [3.8, 4) is 11.5 Å². The molecule has 0 heterocycles. The van der Waals surface area contributed by atoms with Crippen LogP contribution in [0.5, 0.6) is 11.5 Å². The second-order valence-electron chi connectivity index (χ2n) is 5.65. The molecule has 1 unspecified atom stereocenters. The zero-order valence-corrected chi connectivity index (χ0v) is 16.0. The van der Waals surface area contributed by atoms with Crippen molar-refractivity contribution < 1.29 is 19.0 Å². The molecule has 1 aromatic carbocycles. The van der Waals surface area contributed by atoms with Gasteiger partial charge < -0.3 is 24.4 Å². The van der Waals surface area contributed by atoms with Gasteiger partial charge in [0, 0.05) is 31.8 Å². The molecule has 0 spiro atoms. The number of aliphatic imine (C=N–C) groups is 1. The quantitative estimate of drug-likeness (QED) is 0.438. The summed E-state index contributed by atoms with van der Waals surface area (Å²) >= 11 is 0. The lowest BCUT2D eigenvalue weighted by atomic mass is 10.2. The number of hydrogen-bond donors (Lipinski definition) is 1. The van der Waals surface area contributed by atoms with Gasteiger partial charge >= 0.3 is 5.97 Å². The number of ether oxygens (including phenoxy) is 3. The molecule has 7 heteroatoms. The van der Waals surface area contributed by atoms with Crippen molar-refractivity contribution in [2.45, 2.75) is 20.4 Å². The largest absolute Gasteiger partial charge is 0.497 e. The minimum absolute atomic E-state index is 0.265. The monoisotopic (exact) mass is 351 g/mol. The summed E-state index contributed by atoms with van der Waals surface area (Å²) in [5, 5.41) is 3.23. The SMILES string of the molecule is CCNC(=NCC(C)C(=O)OC)N(C)Cc1ccc(OC)cc1OC. The molecular formula is C18H29N3O4. The average Bonchev–Trinajstić information content (AvgIpc) is 2.64. The van der Waals surface area contributed by atoms with Crippen LogP contribution in [0.2, 0.25) is 0 Å². The van der Waals surface area contributed by atoms with E-state index in [1.54, 1.807) is 21.1 Å². The number of methoxy groups -OCH3 is 3. The summed E-state index contributed by atoms with van der Waals surface area (Å²) in [4.78, 5) is 18.0. The Kier molecular flexibility index (Phi) is 8.60. The van der Waals surface area contributed by atoms with Crippen LogP contribution < -0.4 is 14.8 Å². The average molecular weight is 351 g/mol. The standard InChI is InChI=1S/C18H29N3O4/c1-7-19-18(20-11-13(2)17(22)25-6)21(3)12-14-8-9-15(23-4)10-16(14)24-5/h8-10,13H,7,11-12H2,1-6H3,(H,19,20). The number of carbonyl (C=O) groups is 1. The third-order valence-electron chi connectivity index (χ3n) is 3.72. The van der Waals surface area contributed by atoms with Gasteiger partial charge in [0.15, 0.2) is 5.96 Å². The molecule has 0 fully saturated rings. The highest BCUT2D eigenvalue weighted by molar-refractivity contribution is 5.80. The first-order chi connectivity index (χ1) is 12.0. The maximum absolute atomic E-state index is 11.5. The summed E-state index contributed by atoms with van der Waals surface area (Å²) in [6.45, 7) is 5.49. The van der Waals surface area contributed by atoms with E-state index < -0.39 is 0 Å². The van der Waals surface area contributed by atoms with Crippen molar-refractivity contribution in [1.29, 1.82) is 0 Å². The molecule has 0 aromatic heterocycles. The van der Waals surface area contributed by atoms with Crippen LogP contribution in [0.1, 0.15) is 19.4 Å². The van der Waals surface area contributed by atoms with Gasteiger partial charge in [0.05, 0.1) is 33.8 Å². The van der Waals surface area contributed by atoms with Gasteiger partial charge in [-0.15, -0.1) is 0 Å². The van der Waals surface area contributed by atoms with Crippen LogP contribution in [0.15, 0.2) is 23.2 Å². The molecule has 0 aliphatic rings. The van der Waals surface area contributed by atoms with Crippen molar-refractivity contribution in [1.82, 2.24) is 10.2 Å². The van der Waals surface area contributed by atoms with Crippen LogP contribution in [-0.2, 0) is 16.1 Å². The number of nitrogens with one attached hydrogen (secondary N) is 1. The molecular weight excluding hydrogens is 322 g/mol. The summed E-state index contributed by atoms with van der Waals surface area (Å²) in [6, 6.07) is 5.72. The zero-order chi connectivity index (χ0) is 18.8. The first-order valence-corrected chi connectivity index (χ1v) is 8.24. The Morgan fingerprint density at radius 1 is 1.28 bits per heavy atom. The van der Waals surface area contributed by atoms with E-state index in [0.717, 1.165) is 29.6 Å². The molecule has 0 aliphatic carbocycles. The van der Waals surface area contributed by atoms with E-state index in [0.29, 0.717) is 13.1 Å². The Balaban J connectivity index is 2.89. The van der Waals surface area contributed by atoms with E-state index in [2.05, 4.69) is 10.3 Å². The van der Waals surface area contributed by atoms with E-state index in [9.17, 15) is 4.79 Å². The van der Waals surface area contributed by atoms with E-state index in [-0.39, 0.29) is 11.9 Å². The first-order valence-electron chi connectivity index (χ1n) is 8.24. The van der Waals surface area contributed by atoms with Gasteiger partial charge in [-0.1, -0.05) is 6.92 Å². The second kappa shape index (κ2) is 10.4. The highest BCUT2D eigenvalue weighted by Crippen LogP contribution is 2.25. The number of hydrogen-bond acceptors (Lipinski definition) is 5. The molecule has 0 aliphatic heterocycles. The predicted octanol–water partition coefficient (Wildman–Crippen LogP) is 1.91. The highest BCUT2D eigenvalue weighted by Gasteiger charge is 2.15. The second-order valence-corrected chi connectivity index (χ2v) is 5.65. The summed E-state index contributed by atoms with van der Waals surface area (Å²) in [5.41, 5.74) is 1.01. The molecule has 0 saturated carbocycles. The first kappa shape index (κ1) is 20.6. The summed E-state index contributed by atoms with van der Waals surface area (Å²) < 4.78 is 15.4. The highest BCUT2D eigenvalue weighted by atomic mass is 16.5. The number of rotatable bonds is 8. The lowest BCUT2D eigenvalue weighted by Crippen LogP contribution is -2.39. The third kappa shape index (κ3) is 6.17. The number of nitrogens with zero attached hydrogens (tertiary/aromatic N) is 2. The van der Waals surface area contributed by atoms with Crippen LogP contribution in [0.4, 0.5) is 0 Å². The van der Waals surface area contributed by atoms with Crippen molar-refractivity contribution in [3.05, 3.63) is 23.8 Å². The fourth-order valence-corrected chi connectivity index (χ4v) is 2.28. The zero-order valence-electron chi connectivity index (χ0n) is 16.0. The molecule has 0 bridgehead atoms. The Bertz CT molecular complexity index is 590. The van der Waals surface area contributed by atoms with Gasteiger partial charge in [0.1, 0.15) is 11.5 Å². The van der Waals surface area contributed by atoms with Crippen molar-refractivity contribution in [2.75, 3.05) is 41.5 Å². The van der Waals surface area contributed by atoms with Crippen LogP contribution in [0.25, 0.3) is 0 Å². The Labute approximate surface area is 150 Å². The number of esters is 1. The predicted molar refractivity (Wildman–Crippen MR) is 98.2 cm³/mol. The van der Waals surface area contributed by atoms with Gasteiger partial charge in [0.25, 0.3) is 0 Å². The molecule has 0 radical (unpaired) electrons. The van der Waals surface area contributed by atoms with Gasteiger partial charge in [-0.05, 0) is 19.1 Å². The molecule has 0 saturated heterocycles.